The summed E-state index contributed by atoms with van der Waals surface area (Å²) in [5.41, 5.74) is 5.44. The van der Waals surface area contributed by atoms with E-state index in [0.717, 1.165) is 12.8 Å². The van der Waals surface area contributed by atoms with Crippen LogP contribution in [0.2, 0.25) is 5.02 Å². The van der Waals surface area contributed by atoms with Crippen LogP contribution in [-0.2, 0) is 0 Å². The van der Waals surface area contributed by atoms with E-state index in [4.69, 9.17) is 22.1 Å². The fourth-order valence-electron chi connectivity index (χ4n) is 0.874. The van der Waals surface area contributed by atoms with Crippen molar-refractivity contribution in [2.75, 3.05) is 5.73 Å². The summed E-state index contributed by atoms with van der Waals surface area (Å²) in [5.74, 6) is 1.05. The van der Waals surface area contributed by atoms with Gasteiger partial charge in [-0.3, -0.25) is 0 Å². The molecule has 12 heavy (non-hydrogen) atoms. The molecule has 1 aromatic heterocycles. The van der Waals surface area contributed by atoms with E-state index >= 15 is 0 Å². The van der Waals surface area contributed by atoms with E-state index in [9.17, 15) is 0 Å². The Bertz CT molecular complexity index is 299. The minimum absolute atomic E-state index is 0.347. The van der Waals surface area contributed by atoms with Gasteiger partial charge in [-0.1, -0.05) is 11.6 Å². The Kier molecular flexibility index (Phi) is 1.81. The highest BCUT2D eigenvalue weighted by molar-refractivity contribution is 6.32. The summed E-state index contributed by atoms with van der Waals surface area (Å²) in [6.45, 7) is 0. The summed E-state index contributed by atoms with van der Waals surface area (Å²) in [4.78, 5) is 3.88. The number of hydrogen-bond acceptors (Lipinski definition) is 3. The lowest BCUT2D eigenvalue weighted by Crippen LogP contribution is -1.98. The van der Waals surface area contributed by atoms with E-state index in [2.05, 4.69) is 4.98 Å². The van der Waals surface area contributed by atoms with Crippen molar-refractivity contribution in [2.24, 2.45) is 0 Å². The molecule has 1 fully saturated rings. The van der Waals surface area contributed by atoms with Gasteiger partial charge in [0.25, 0.3) is 0 Å². The molecule has 0 unspecified atom stereocenters. The SMILES string of the molecule is Nc1ncc(OC2CC2)cc1Cl. The van der Waals surface area contributed by atoms with Gasteiger partial charge in [0.1, 0.15) is 11.6 Å². The molecule has 0 aromatic carbocycles. The molecule has 0 bridgehead atoms. The van der Waals surface area contributed by atoms with Crippen molar-refractivity contribution in [3.8, 4) is 5.75 Å². The molecular formula is C8H9ClN2O. The summed E-state index contributed by atoms with van der Waals surface area (Å²) in [6, 6.07) is 1.70. The molecule has 0 spiro atoms. The van der Waals surface area contributed by atoms with Crippen molar-refractivity contribution >= 4 is 17.4 Å². The first kappa shape index (κ1) is 7.68. The second-order valence-electron chi connectivity index (χ2n) is 2.86. The Balaban J connectivity index is 2.15. The summed E-state index contributed by atoms with van der Waals surface area (Å²) in [7, 11) is 0. The predicted molar refractivity (Wildman–Crippen MR) is 47.3 cm³/mol. The molecule has 0 amide bonds. The van der Waals surface area contributed by atoms with Crippen LogP contribution in [0.3, 0.4) is 0 Å². The number of ether oxygens (including phenoxy) is 1. The molecule has 1 heterocycles. The highest BCUT2D eigenvalue weighted by Crippen LogP contribution is 2.28. The number of anilines is 1. The van der Waals surface area contributed by atoms with Crippen LogP contribution in [0.4, 0.5) is 5.82 Å². The molecule has 1 aliphatic rings. The van der Waals surface area contributed by atoms with Gasteiger partial charge in [0.2, 0.25) is 0 Å². The number of nitrogen functional groups attached to an aromatic ring is 1. The van der Waals surface area contributed by atoms with E-state index in [0.29, 0.717) is 22.7 Å². The van der Waals surface area contributed by atoms with E-state index in [1.54, 1.807) is 12.3 Å². The quantitative estimate of drug-likeness (QED) is 0.763. The molecule has 2 N–H and O–H groups in total. The minimum atomic E-state index is 0.347. The molecule has 0 atom stereocenters. The first-order valence-electron chi connectivity index (χ1n) is 3.83. The third-order valence-corrected chi connectivity index (χ3v) is 1.97. The van der Waals surface area contributed by atoms with Crippen LogP contribution < -0.4 is 10.5 Å². The van der Waals surface area contributed by atoms with Crippen LogP contribution >= 0.6 is 11.6 Å². The van der Waals surface area contributed by atoms with Crippen LogP contribution in [0.15, 0.2) is 12.3 Å². The van der Waals surface area contributed by atoms with Crippen LogP contribution in [0.1, 0.15) is 12.8 Å². The molecule has 2 rings (SSSR count). The van der Waals surface area contributed by atoms with Gasteiger partial charge in [0, 0.05) is 6.07 Å². The fraction of sp³-hybridized carbons (Fsp3) is 0.375. The number of halogens is 1. The number of rotatable bonds is 2. The third-order valence-electron chi connectivity index (χ3n) is 1.67. The molecule has 64 valence electrons. The van der Waals surface area contributed by atoms with E-state index in [1.807, 2.05) is 0 Å². The average molecular weight is 185 g/mol. The molecule has 4 heteroatoms. The molecule has 1 saturated carbocycles. The second-order valence-corrected chi connectivity index (χ2v) is 3.26. The van der Waals surface area contributed by atoms with Gasteiger partial charge in [-0.15, -0.1) is 0 Å². The average Bonchev–Trinajstić information content (AvgIpc) is 2.81. The highest BCUT2D eigenvalue weighted by Gasteiger charge is 2.23. The van der Waals surface area contributed by atoms with Crippen LogP contribution in [0, 0.1) is 0 Å². The maximum atomic E-state index is 5.75. The number of nitrogens with zero attached hydrogens (tertiary/aromatic N) is 1. The lowest BCUT2D eigenvalue weighted by molar-refractivity contribution is 0.302. The maximum Gasteiger partial charge on any atom is 0.142 e. The zero-order valence-corrected chi connectivity index (χ0v) is 7.21. The minimum Gasteiger partial charge on any atom is -0.489 e. The maximum absolute atomic E-state index is 5.75. The van der Waals surface area contributed by atoms with Crippen LogP contribution in [-0.4, -0.2) is 11.1 Å². The topological polar surface area (TPSA) is 48.1 Å². The lowest BCUT2D eigenvalue weighted by Gasteiger charge is -2.04. The zero-order valence-electron chi connectivity index (χ0n) is 6.46. The van der Waals surface area contributed by atoms with E-state index < -0.39 is 0 Å². The van der Waals surface area contributed by atoms with Gasteiger partial charge in [-0.05, 0) is 12.8 Å². The predicted octanol–water partition coefficient (Wildman–Crippen LogP) is 1.86. The van der Waals surface area contributed by atoms with Gasteiger partial charge < -0.3 is 10.5 Å². The Morgan fingerprint density at radius 1 is 1.58 bits per heavy atom. The Morgan fingerprint density at radius 3 is 2.92 bits per heavy atom. The largest absolute Gasteiger partial charge is 0.489 e. The van der Waals surface area contributed by atoms with Crippen LogP contribution in [0.5, 0.6) is 5.75 Å². The van der Waals surface area contributed by atoms with Gasteiger partial charge in [0.15, 0.2) is 0 Å². The van der Waals surface area contributed by atoms with E-state index in [1.165, 1.54) is 0 Å². The fourth-order valence-corrected chi connectivity index (χ4v) is 1.03. The number of nitrogens with two attached hydrogens (primary N) is 1. The van der Waals surface area contributed by atoms with Crippen molar-refractivity contribution in [1.29, 1.82) is 0 Å². The highest BCUT2D eigenvalue weighted by atomic mass is 35.5. The first-order chi connectivity index (χ1) is 5.75. The van der Waals surface area contributed by atoms with Crippen molar-refractivity contribution < 1.29 is 4.74 Å². The smallest absolute Gasteiger partial charge is 0.142 e. The molecule has 3 nitrogen and oxygen atoms in total. The van der Waals surface area contributed by atoms with E-state index in [-0.39, 0.29) is 0 Å². The van der Waals surface area contributed by atoms with Crippen molar-refractivity contribution in [1.82, 2.24) is 4.98 Å². The molecule has 0 saturated heterocycles. The summed E-state index contributed by atoms with van der Waals surface area (Å²) in [6.07, 6.45) is 4.22. The van der Waals surface area contributed by atoms with Gasteiger partial charge in [0.05, 0.1) is 17.3 Å². The molecule has 1 aromatic rings. The Morgan fingerprint density at radius 2 is 2.33 bits per heavy atom. The van der Waals surface area contributed by atoms with Gasteiger partial charge in [-0.25, -0.2) is 4.98 Å². The Labute approximate surface area is 75.5 Å². The number of hydrogen-bond donors (Lipinski definition) is 1. The normalized spacial score (nSPS) is 16.1. The van der Waals surface area contributed by atoms with Crippen LogP contribution in [0.25, 0.3) is 0 Å². The first-order valence-corrected chi connectivity index (χ1v) is 4.21. The molecular weight excluding hydrogens is 176 g/mol. The number of aromatic nitrogens is 1. The van der Waals surface area contributed by atoms with Crippen molar-refractivity contribution in [3.63, 3.8) is 0 Å². The van der Waals surface area contributed by atoms with Gasteiger partial charge >= 0.3 is 0 Å². The second kappa shape index (κ2) is 2.83. The zero-order chi connectivity index (χ0) is 8.55. The Hall–Kier alpha value is -0.960. The van der Waals surface area contributed by atoms with Gasteiger partial charge in [-0.2, -0.15) is 0 Å². The standard InChI is InChI=1S/C8H9ClN2O/c9-7-3-6(4-11-8(7)10)12-5-1-2-5/h3-5H,1-2H2,(H2,10,11). The van der Waals surface area contributed by atoms with Crippen molar-refractivity contribution in [2.45, 2.75) is 18.9 Å². The lowest BCUT2D eigenvalue weighted by atomic mass is 10.4. The number of pyridine rings is 1. The summed E-state index contributed by atoms with van der Waals surface area (Å²) < 4.78 is 5.46. The monoisotopic (exact) mass is 184 g/mol. The molecule has 1 aliphatic carbocycles. The third kappa shape index (κ3) is 1.61. The molecule has 0 radical (unpaired) electrons. The summed E-state index contributed by atoms with van der Waals surface area (Å²) >= 11 is 5.75. The van der Waals surface area contributed by atoms with Crippen molar-refractivity contribution in [3.05, 3.63) is 17.3 Å². The molecule has 0 aliphatic heterocycles. The summed E-state index contributed by atoms with van der Waals surface area (Å²) in [5, 5.41) is 0.452.